The van der Waals surface area contributed by atoms with Gasteiger partial charge in [-0.1, -0.05) is 30.7 Å². The van der Waals surface area contributed by atoms with E-state index >= 15 is 0 Å². The van der Waals surface area contributed by atoms with Crippen molar-refractivity contribution in [1.29, 1.82) is 0 Å². The minimum atomic E-state index is -0.250. The number of carbonyl (C=O) groups is 1. The van der Waals surface area contributed by atoms with Gasteiger partial charge in [-0.15, -0.1) is 0 Å². The maximum absolute atomic E-state index is 8.36. The highest BCUT2D eigenvalue weighted by Crippen LogP contribution is 2.51. The first-order valence-corrected chi connectivity index (χ1v) is 12.7. The summed E-state index contributed by atoms with van der Waals surface area (Å²) in [6.07, 6.45) is 3.99. The van der Waals surface area contributed by atoms with Crippen molar-refractivity contribution < 1.29 is 9.90 Å². The molecule has 5 aromatic rings. The fraction of sp³-hybridized carbons (Fsp3) is 0.286. The largest absolute Gasteiger partial charge is 0.483 e. The molecule has 1 saturated heterocycles. The van der Waals surface area contributed by atoms with Crippen LogP contribution in [0.5, 0.6) is 0 Å². The maximum Gasteiger partial charge on any atom is 0.290 e. The van der Waals surface area contributed by atoms with Gasteiger partial charge >= 0.3 is 0 Å². The Hall–Kier alpha value is -3.91. The first kappa shape index (κ1) is 23.5. The van der Waals surface area contributed by atoms with Gasteiger partial charge in [0.15, 0.2) is 0 Å². The SMILES string of the molecule is Cc1cc(Cl)cc2c(-c3cccc4nn(C)cc34)nn(-c3ccc(N4CC5C(C)[C@H]5C4)nc3)c12.O=CO. The van der Waals surface area contributed by atoms with Crippen LogP contribution >= 0.6 is 11.6 Å². The van der Waals surface area contributed by atoms with Crippen molar-refractivity contribution in [3.05, 3.63) is 65.4 Å². The molecule has 188 valence electrons. The molecule has 2 aromatic carbocycles. The minimum absolute atomic E-state index is 0.250. The van der Waals surface area contributed by atoms with Crippen molar-refractivity contribution in [1.82, 2.24) is 24.5 Å². The van der Waals surface area contributed by atoms with E-state index in [9.17, 15) is 0 Å². The number of hydrogen-bond donors (Lipinski definition) is 1. The zero-order valence-electron chi connectivity index (χ0n) is 20.8. The number of aryl methyl sites for hydroxylation is 2. The zero-order valence-corrected chi connectivity index (χ0v) is 21.6. The molecular formula is C28H27ClN6O2. The van der Waals surface area contributed by atoms with Gasteiger partial charge in [0.05, 0.1) is 22.9 Å². The zero-order chi connectivity index (χ0) is 25.8. The first-order valence-electron chi connectivity index (χ1n) is 12.3. The van der Waals surface area contributed by atoms with E-state index in [1.165, 1.54) is 0 Å². The predicted octanol–water partition coefficient (Wildman–Crippen LogP) is 5.34. The molecule has 1 saturated carbocycles. The summed E-state index contributed by atoms with van der Waals surface area (Å²) in [6.45, 7) is 6.45. The van der Waals surface area contributed by atoms with Gasteiger partial charge in [0.25, 0.3) is 6.47 Å². The van der Waals surface area contributed by atoms with E-state index in [1.54, 1.807) is 0 Å². The Morgan fingerprint density at radius 3 is 2.54 bits per heavy atom. The van der Waals surface area contributed by atoms with Crippen LogP contribution in [0, 0.1) is 24.7 Å². The Bertz CT molecular complexity index is 1630. The summed E-state index contributed by atoms with van der Waals surface area (Å²) in [4.78, 5) is 15.6. The van der Waals surface area contributed by atoms with E-state index in [0.29, 0.717) is 5.02 Å². The van der Waals surface area contributed by atoms with E-state index in [-0.39, 0.29) is 6.47 Å². The smallest absolute Gasteiger partial charge is 0.290 e. The standard InChI is InChI=1S/C27H25ClN6.CH2O2/c1-15-9-17(28)10-20-26(19-5-4-6-24-23(19)12-32(3)30-24)31-34(27(15)20)18-7-8-25(29-11-18)33-13-21-16(2)22(21)14-33;2-1-3/h4-12,16,21-22H,13-14H2,1-3H3;1H,(H,2,3)/t16?,21-,22?;/m1./s1. The molecule has 0 amide bonds. The molecule has 2 fully saturated rings. The lowest BCUT2D eigenvalue weighted by molar-refractivity contribution is -0.122. The van der Waals surface area contributed by atoms with Crippen LogP contribution in [0.25, 0.3) is 38.8 Å². The van der Waals surface area contributed by atoms with Crippen LogP contribution in [0.4, 0.5) is 5.82 Å². The average Bonchev–Trinajstić information content (AvgIpc) is 3.31. The summed E-state index contributed by atoms with van der Waals surface area (Å²) >= 11 is 6.51. The molecule has 2 unspecified atom stereocenters. The highest BCUT2D eigenvalue weighted by Gasteiger charge is 2.52. The molecule has 1 N–H and O–H groups in total. The summed E-state index contributed by atoms with van der Waals surface area (Å²) < 4.78 is 3.85. The maximum atomic E-state index is 8.36. The lowest BCUT2D eigenvalue weighted by atomic mass is 10.0. The normalized spacial score (nSPS) is 20.1. The topological polar surface area (TPSA) is 89.1 Å². The van der Waals surface area contributed by atoms with Crippen LogP contribution < -0.4 is 4.90 Å². The van der Waals surface area contributed by atoms with Crippen molar-refractivity contribution in [2.45, 2.75) is 13.8 Å². The molecule has 4 heterocycles. The molecule has 0 radical (unpaired) electrons. The fourth-order valence-corrected chi connectivity index (χ4v) is 6.13. The summed E-state index contributed by atoms with van der Waals surface area (Å²) in [5, 5.41) is 19.4. The summed E-state index contributed by atoms with van der Waals surface area (Å²) in [5.74, 6) is 3.63. The Morgan fingerprint density at radius 1 is 1.08 bits per heavy atom. The van der Waals surface area contributed by atoms with Crippen LogP contribution in [0.3, 0.4) is 0 Å². The van der Waals surface area contributed by atoms with E-state index in [4.69, 9.17) is 31.6 Å². The number of piperidine rings is 1. The quantitative estimate of drug-likeness (QED) is 0.327. The van der Waals surface area contributed by atoms with Gasteiger partial charge in [0, 0.05) is 47.7 Å². The molecule has 2 aliphatic rings. The van der Waals surface area contributed by atoms with Crippen molar-refractivity contribution in [3.63, 3.8) is 0 Å². The third-order valence-electron chi connectivity index (χ3n) is 7.77. The lowest BCUT2D eigenvalue weighted by Crippen LogP contribution is -2.24. The number of aromatic nitrogens is 5. The van der Waals surface area contributed by atoms with Crippen LogP contribution in [-0.2, 0) is 11.8 Å². The van der Waals surface area contributed by atoms with Gasteiger partial charge in [0.1, 0.15) is 11.5 Å². The summed E-state index contributed by atoms with van der Waals surface area (Å²) in [5.41, 5.74) is 5.97. The molecule has 1 aliphatic heterocycles. The molecule has 7 rings (SSSR count). The van der Waals surface area contributed by atoms with E-state index in [1.807, 2.05) is 53.1 Å². The van der Waals surface area contributed by atoms with Gasteiger partial charge in [-0.05, 0) is 60.6 Å². The summed E-state index contributed by atoms with van der Waals surface area (Å²) in [7, 11) is 1.94. The van der Waals surface area contributed by atoms with Gasteiger partial charge in [-0.3, -0.25) is 9.48 Å². The number of rotatable bonds is 3. The number of pyridine rings is 1. The highest BCUT2D eigenvalue weighted by atomic mass is 35.5. The minimum Gasteiger partial charge on any atom is -0.483 e. The second-order valence-corrected chi connectivity index (χ2v) is 10.4. The van der Waals surface area contributed by atoms with Gasteiger partial charge in [-0.25, -0.2) is 9.67 Å². The van der Waals surface area contributed by atoms with E-state index < -0.39 is 0 Å². The highest BCUT2D eigenvalue weighted by molar-refractivity contribution is 6.31. The monoisotopic (exact) mass is 514 g/mol. The molecule has 9 heteroatoms. The van der Waals surface area contributed by atoms with Crippen molar-refractivity contribution in [3.8, 4) is 16.9 Å². The van der Waals surface area contributed by atoms with Crippen molar-refractivity contribution >= 4 is 45.7 Å². The van der Waals surface area contributed by atoms with Gasteiger partial charge in [0.2, 0.25) is 0 Å². The lowest BCUT2D eigenvalue weighted by Gasteiger charge is -2.20. The van der Waals surface area contributed by atoms with Crippen molar-refractivity contribution in [2.24, 2.45) is 24.8 Å². The molecule has 0 bridgehead atoms. The molecule has 3 atom stereocenters. The van der Waals surface area contributed by atoms with Crippen molar-refractivity contribution in [2.75, 3.05) is 18.0 Å². The molecule has 1 aliphatic carbocycles. The third-order valence-corrected chi connectivity index (χ3v) is 7.99. The Morgan fingerprint density at radius 2 is 1.84 bits per heavy atom. The number of carboxylic acid groups (broad SMARTS) is 1. The number of halogens is 1. The van der Waals surface area contributed by atoms with Crippen LogP contribution in [0.2, 0.25) is 5.02 Å². The second-order valence-electron chi connectivity index (χ2n) is 9.99. The number of fused-ring (bicyclic) bond motifs is 3. The molecule has 0 spiro atoms. The van der Waals surface area contributed by atoms with E-state index in [2.05, 4.69) is 42.0 Å². The predicted molar refractivity (Wildman–Crippen MR) is 145 cm³/mol. The molecule has 3 aromatic heterocycles. The second kappa shape index (κ2) is 8.88. The molecule has 8 nitrogen and oxygen atoms in total. The Labute approximate surface area is 219 Å². The van der Waals surface area contributed by atoms with Crippen LogP contribution in [0.15, 0.2) is 54.9 Å². The number of benzene rings is 2. The Balaban J connectivity index is 0.000000804. The van der Waals surface area contributed by atoms with Gasteiger partial charge in [-0.2, -0.15) is 10.2 Å². The first-order chi connectivity index (χ1) is 17.9. The molecule has 37 heavy (non-hydrogen) atoms. The number of hydrogen-bond acceptors (Lipinski definition) is 5. The molecular weight excluding hydrogens is 488 g/mol. The third kappa shape index (κ3) is 3.92. The van der Waals surface area contributed by atoms with Crippen LogP contribution in [-0.4, -0.2) is 49.2 Å². The van der Waals surface area contributed by atoms with E-state index in [0.717, 1.165) is 81.0 Å². The average molecular weight is 515 g/mol. The van der Waals surface area contributed by atoms with Gasteiger partial charge < -0.3 is 10.0 Å². The van der Waals surface area contributed by atoms with Crippen LogP contribution in [0.1, 0.15) is 12.5 Å². The fourth-order valence-electron chi connectivity index (χ4n) is 5.86. The Kier molecular flexibility index (Phi) is 5.64. The number of nitrogens with zero attached hydrogens (tertiary/aromatic N) is 6. The summed E-state index contributed by atoms with van der Waals surface area (Å²) in [6, 6.07) is 14.4. The number of anilines is 1.